The summed E-state index contributed by atoms with van der Waals surface area (Å²) in [4.78, 5) is 90.0. The van der Waals surface area contributed by atoms with E-state index in [0.29, 0.717) is 74.3 Å². The molecule has 0 radical (unpaired) electrons. The first kappa shape index (κ1) is 46.5. The van der Waals surface area contributed by atoms with Crippen molar-refractivity contribution in [2.75, 3.05) is 82.9 Å². The topological polar surface area (TPSA) is 261 Å². The molecule has 3 aliphatic heterocycles. The molecular formula is C47H51FN12O9. The smallest absolute Gasteiger partial charge is 0.264 e. The first-order valence-corrected chi connectivity index (χ1v) is 22.8. The quantitative estimate of drug-likeness (QED) is 0.0307. The minimum Gasteiger partial charge on any atom is -0.498 e. The van der Waals surface area contributed by atoms with Crippen LogP contribution in [0.5, 0.6) is 0 Å². The van der Waals surface area contributed by atoms with Gasteiger partial charge in [0, 0.05) is 80.8 Å². The highest BCUT2D eigenvalue weighted by atomic mass is 19.1. The van der Waals surface area contributed by atoms with Gasteiger partial charge in [-0.15, -0.1) is 0 Å². The molecule has 6 heterocycles. The average molecular weight is 947 g/mol. The van der Waals surface area contributed by atoms with Crippen molar-refractivity contribution in [1.82, 2.24) is 44.6 Å². The summed E-state index contributed by atoms with van der Waals surface area (Å²) in [7, 11) is 0. The summed E-state index contributed by atoms with van der Waals surface area (Å²) in [5, 5.41) is 15.3. The second-order valence-corrected chi connectivity index (χ2v) is 17.0. The number of hydrogen-bond donors (Lipinski definition) is 5. The number of nitrogens with zero attached hydrogens (tertiary/aromatic N) is 7. The number of imidazole rings is 1. The number of benzene rings is 2. The molecule has 6 N–H and O–H groups in total. The molecule has 360 valence electrons. The molecule has 2 saturated heterocycles. The van der Waals surface area contributed by atoms with Gasteiger partial charge in [-0.1, -0.05) is 6.07 Å². The van der Waals surface area contributed by atoms with Crippen molar-refractivity contribution in [3.8, 4) is 11.3 Å². The summed E-state index contributed by atoms with van der Waals surface area (Å²) in [5.41, 5.74) is 10.3. The zero-order chi connectivity index (χ0) is 48.0. The number of carbonyl (C=O) groups excluding carboxylic acids is 6. The number of amides is 6. The van der Waals surface area contributed by atoms with E-state index < -0.39 is 41.4 Å². The number of rotatable bonds is 21. The maximum Gasteiger partial charge on any atom is 0.264 e. The molecule has 6 amide bonds. The van der Waals surface area contributed by atoms with E-state index in [4.69, 9.17) is 24.9 Å². The third-order valence-corrected chi connectivity index (χ3v) is 12.4. The molecule has 2 aromatic carbocycles. The molecule has 4 aliphatic rings. The number of imide groups is 2. The summed E-state index contributed by atoms with van der Waals surface area (Å²) in [5.74, 6) is -3.01. The van der Waals surface area contributed by atoms with Crippen LogP contribution in [0.4, 0.5) is 21.6 Å². The summed E-state index contributed by atoms with van der Waals surface area (Å²) in [6.07, 6.45) is 11.1. The number of carbonyl (C=O) groups is 6. The van der Waals surface area contributed by atoms with Crippen LogP contribution < -0.4 is 21.7 Å². The molecule has 22 heteroatoms. The third kappa shape index (κ3) is 10.5. The Morgan fingerprint density at radius 3 is 2.46 bits per heavy atom. The summed E-state index contributed by atoms with van der Waals surface area (Å²) >= 11 is 0. The molecule has 1 atom stereocenters. The standard InChI is InChI=1S/C47H51FN12O9/c48-33-22-29(6-7-34(33)54-42-43-51-25-38(31-23-52-53-24-31)59(43)26-36(55-42)28-4-5-28)45(64)58-15-13-57(14-16-58)12-10-30(41(49)62)27-69-21-20-68-19-18-67-17-11-50-35-3-1-2-32-40(35)47(66)60(46(32)65)37-8-9-39(61)56-44(37)63/h1-3,6-7,22-28,37,50H,4-5,8-21H2,(H2,49,62)(H,52,53)(H,54,55)(H,56,61,63)/b30-27-. The van der Waals surface area contributed by atoms with E-state index in [1.807, 2.05) is 10.6 Å². The second-order valence-electron chi connectivity index (χ2n) is 17.0. The van der Waals surface area contributed by atoms with Gasteiger partial charge in [0.1, 0.15) is 18.5 Å². The molecule has 3 fully saturated rings. The number of hydrogen-bond acceptors (Lipinski definition) is 15. The van der Waals surface area contributed by atoms with Gasteiger partial charge in [0.2, 0.25) is 17.7 Å². The van der Waals surface area contributed by atoms with Crippen molar-refractivity contribution in [2.24, 2.45) is 5.73 Å². The van der Waals surface area contributed by atoms with E-state index >= 15 is 4.39 Å². The molecule has 0 spiro atoms. The molecule has 1 unspecified atom stereocenters. The minimum absolute atomic E-state index is 0.0384. The number of piperazine rings is 1. The average Bonchev–Trinajstić information content (AvgIpc) is 3.77. The Kier molecular flexibility index (Phi) is 14.0. The van der Waals surface area contributed by atoms with E-state index in [1.165, 1.54) is 18.4 Å². The number of H-pyrrole nitrogens is 1. The summed E-state index contributed by atoms with van der Waals surface area (Å²) in [6.45, 7) is 4.00. The van der Waals surface area contributed by atoms with Crippen LogP contribution >= 0.6 is 0 Å². The van der Waals surface area contributed by atoms with Gasteiger partial charge in [0.05, 0.1) is 78.9 Å². The number of ether oxygens (including phenoxy) is 3. The number of aromatic amines is 1. The van der Waals surface area contributed by atoms with Crippen molar-refractivity contribution < 1.29 is 47.4 Å². The van der Waals surface area contributed by atoms with Gasteiger partial charge in [-0.05, 0) is 56.0 Å². The van der Waals surface area contributed by atoms with Crippen molar-refractivity contribution in [2.45, 2.75) is 44.1 Å². The van der Waals surface area contributed by atoms with E-state index in [2.05, 4.69) is 36.0 Å². The van der Waals surface area contributed by atoms with Gasteiger partial charge < -0.3 is 35.5 Å². The number of nitrogens with two attached hydrogens (primary N) is 1. The van der Waals surface area contributed by atoms with Crippen LogP contribution in [-0.2, 0) is 28.6 Å². The predicted octanol–water partition coefficient (Wildman–Crippen LogP) is 2.96. The zero-order valence-electron chi connectivity index (χ0n) is 37.6. The Balaban J connectivity index is 0.661. The molecule has 0 bridgehead atoms. The van der Waals surface area contributed by atoms with Crippen LogP contribution in [0, 0.1) is 5.82 Å². The lowest BCUT2D eigenvalue weighted by atomic mass is 10.0. The normalized spacial score (nSPS) is 17.6. The number of halogens is 1. The molecule has 5 aromatic rings. The van der Waals surface area contributed by atoms with Crippen molar-refractivity contribution >= 4 is 58.3 Å². The highest BCUT2D eigenvalue weighted by Gasteiger charge is 2.45. The van der Waals surface area contributed by atoms with E-state index in [-0.39, 0.29) is 74.2 Å². The lowest BCUT2D eigenvalue weighted by Gasteiger charge is -2.34. The number of piperidine rings is 1. The van der Waals surface area contributed by atoms with Gasteiger partial charge in [-0.25, -0.2) is 14.4 Å². The fourth-order valence-corrected chi connectivity index (χ4v) is 8.53. The Bertz CT molecular complexity index is 2800. The highest BCUT2D eigenvalue weighted by molar-refractivity contribution is 6.25. The van der Waals surface area contributed by atoms with Gasteiger partial charge in [-0.2, -0.15) is 5.10 Å². The Hall–Kier alpha value is -7.56. The van der Waals surface area contributed by atoms with Gasteiger partial charge in [-0.3, -0.25) is 53.4 Å². The lowest BCUT2D eigenvalue weighted by Crippen LogP contribution is -2.54. The van der Waals surface area contributed by atoms with Crippen LogP contribution in [0.25, 0.3) is 16.9 Å². The Morgan fingerprint density at radius 1 is 0.928 bits per heavy atom. The van der Waals surface area contributed by atoms with Crippen molar-refractivity contribution in [3.63, 3.8) is 0 Å². The minimum atomic E-state index is -1.05. The molecule has 1 saturated carbocycles. The van der Waals surface area contributed by atoms with E-state index in [9.17, 15) is 28.8 Å². The first-order chi connectivity index (χ1) is 33.5. The number of aromatic nitrogens is 5. The highest BCUT2D eigenvalue weighted by Crippen LogP contribution is 2.41. The fraction of sp³-hybridized carbons (Fsp3) is 0.383. The monoisotopic (exact) mass is 946 g/mol. The summed E-state index contributed by atoms with van der Waals surface area (Å²) in [6, 6.07) is 8.17. The van der Waals surface area contributed by atoms with Crippen LogP contribution in [0.1, 0.15) is 74.8 Å². The van der Waals surface area contributed by atoms with Crippen LogP contribution in [0.3, 0.4) is 0 Å². The number of primary amides is 1. The van der Waals surface area contributed by atoms with Crippen molar-refractivity contribution in [3.05, 3.63) is 101 Å². The number of fused-ring (bicyclic) bond motifs is 2. The van der Waals surface area contributed by atoms with Crippen LogP contribution in [0.15, 0.2) is 73.0 Å². The molecule has 3 aromatic heterocycles. The van der Waals surface area contributed by atoms with Gasteiger partial charge in [0.25, 0.3) is 17.7 Å². The molecule has 1 aliphatic carbocycles. The molecule has 21 nitrogen and oxygen atoms in total. The van der Waals surface area contributed by atoms with Gasteiger partial charge >= 0.3 is 0 Å². The second kappa shape index (κ2) is 20.8. The van der Waals surface area contributed by atoms with Gasteiger partial charge in [0.15, 0.2) is 11.5 Å². The van der Waals surface area contributed by atoms with E-state index in [1.54, 1.807) is 47.8 Å². The van der Waals surface area contributed by atoms with E-state index in [0.717, 1.165) is 34.7 Å². The molecule has 9 rings (SSSR count). The Labute approximate surface area is 394 Å². The van der Waals surface area contributed by atoms with Crippen LogP contribution in [0.2, 0.25) is 0 Å². The Morgan fingerprint density at radius 2 is 1.72 bits per heavy atom. The largest absolute Gasteiger partial charge is 0.498 e. The summed E-state index contributed by atoms with van der Waals surface area (Å²) < 4.78 is 34.3. The SMILES string of the molecule is NC(=O)/C(=C\OCCOCCOCCNc1cccc2c1C(=O)N(C1CCC(=O)NC1=O)C2=O)CCN1CCN(C(=O)c2ccc(Nc3nc(C4CC4)cn4c(-c5cn[nH]c5)cnc34)c(F)c2)CC1. The number of nitrogens with one attached hydrogen (secondary N) is 4. The third-order valence-electron chi connectivity index (χ3n) is 12.4. The first-order valence-electron chi connectivity index (χ1n) is 22.8. The molecular weight excluding hydrogens is 896 g/mol. The lowest BCUT2D eigenvalue weighted by molar-refractivity contribution is -0.136. The maximum absolute atomic E-state index is 15.6. The predicted molar refractivity (Wildman–Crippen MR) is 246 cm³/mol. The fourth-order valence-electron chi connectivity index (χ4n) is 8.53. The molecule has 69 heavy (non-hydrogen) atoms. The zero-order valence-corrected chi connectivity index (χ0v) is 37.6. The number of anilines is 3. The van der Waals surface area contributed by atoms with Crippen molar-refractivity contribution in [1.29, 1.82) is 0 Å². The van der Waals surface area contributed by atoms with Crippen LogP contribution in [-0.4, -0.2) is 153 Å². The maximum atomic E-state index is 15.6.